The first-order valence-corrected chi connectivity index (χ1v) is 9.98. The van der Waals surface area contributed by atoms with Gasteiger partial charge in [-0.1, -0.05) is 26.0 Å². The molecule has 142 valence electrons. The van der Waals surface area contributed by atoms with Crippen LogP contribution in [0.15, 0.2) is 30.3 Å². The van der Waals surface area contributed by atoms with Gasteiger partial charge in [-0.2, -0.15) is 5.10 Å². The van der Waals surface area contributed by atoms with Gasteiger partial charge < -0.3 is 10.1 Å². The third kappa shape index (κ3) is 3.62. The largest absolute Gasteiger partial charge is 0.497 e. The summed E-state index contributed by atoms with van der Waals surface area (Å²) in [5.41, 5.74) is 4.64. The highest BCUT2D eigenvalue weighted by Crippen LogP contribution is 2.38. The summed E-state index contributed by atoms with van der Waals surface area (Å²) in [4.78, 5) is 5.78. The molecule has 0 radical (unpaired) electrons. The molecule has 0 aliphatic heterocycles. The number of thiophene rings is 1. The molecule has 1 N–H and O–H groups in total. The number of anilines is 1. The molecular formula is C21H26N4OS. The first kappa shape index (κ1) is 19.2. The summed E-state index contributed by atoms with van der Waals surface area (Å²) < 4.78 is 8.32. The highest BCUT2D eigenvalue weighted by atomic mass is 32.1. The molecule has 0 fully saturated rings. The predicted octanol–water partition coefficient (Wildman–Crippen LogP) is 5.45. The maximum atomic E-state index is 5.21. The molecule has 5 nitrogen and oxygen atoms in total. The Morgan fingerprint density at radius 2 is 1.85 bits per heavy atom. The minimum absolute atomic E-state index is 0.718. The van der Waals surface area contributed by atoms with Crippen molar-refractivity contribution in [2.24, 2.45) is 7.05 Å². The Kier molecular flexibility index (Phi) is 5.65. The van der Waals surface area contributed by atoms with Gasteiger partial charge in [0.25, 0.3) is 0 Å². The second-order valence-corrected chi connectivity index (χ2v) is 7.21. The summed E-state index contributed by atoms with van der Waals surface area (Å²) in [5, 5.41) is 9.35. The molecule has 0 saturated carbocycles. The molecule has 0 amide bonds. The molecular weight excluding hydrogens is 356 g/mol. The van der Waals surface area contributed by atoms with Gasteiger partial charge in [-0.3, -0.25) is 4.68 Å². The SMILES string of the molecule is CC.COc1ccc(CNc2nn(C)c3c2sc2nc(C)cc(C)c23)cc1. The number of hydrogen-bond donors (Lipinski definition) is 1. The smallest absolute Gasteiger partial charge is 0.166 e. The maximum absolute atomic E-state index is 5.21. The molecule has 1 aromatic carbocycles. The van der Waals surface area contributed by atoms with Gasteiger partial charge in [0.1, 0.15) is 10.6 Å². The summed E-state index contributed by atoms with van der Waals surface area (Å²) in [6, 6.07) is 10.2. The Labute approximate surface area is 164 Å². The summed E-state index contributed by atoms with van der Waals surface area (Å²) in [6.07, 6.45) is 0. The van der Waals surface area contributed by atoms with Gasteiger partial charge in [0.05, 0.1) is 17.3 Å². The summed E-state index contributed by atoms with van der Waals surface area (Å²) >= 11 is 1.70. The van der Waals surface area contributed by atoms with E-state index >= 15 is 0 Å². The van der Waals surface area contributed by atoms with Crippen molar-refractivity contribution in [3.8, 4) is 5.75 Å². The predicted molar refractivity (Wildman–Crippen MR) is 115 cm³/mol. The van der Waals surface area contributed by atoms with E-state index in [1.54, 1.807) is 18.4 Å². The van der Waals surface area contributed by atoms with Crippen LogP contribution in [0.2, 0.25) is 0 Å². The summed E-state index contributed by atoms with van der Waals surface area (Å²) in [6.45, 7) is 8.90. The monoisotopic (exact) mass is 382 g/mol. The lowest BCUT2D eigenvalue weighted by Gasteiger charge is -2.05. The molecule has 0 unspecified atom stereocenters. The number of benzene rings is 1. The highest BCUT2D eigenvalue weighted by Gasteiger charge is 2.17. The molecule has 0 saturated heterocycles. The Bertz CT molecular complexity index is 1060. The highest BCUT2D eigenvalue weighted by molar-refractivity contribution is 7.26. The van der Waals surface area contributed by atoms with Crippen LogP contribution < -0.4 is 10.1 Å². The number of rotatable bonds is 4. The van der Waals surface area contributed by atoms with E-state index in [0.717, 1.165) is 38.9 Å². The third-order valence-electron chi connectivity index (χ3n) is 4.37. The van der Waals surface area contributed by atoms with E-state index in [-0.39, 0.29) is 0 Å². The average molecular weight is 383 g/mol. The molecule has 3 aromatic heterocycles. The topological polar surface area (TPSA) is 52.0 Å². The van der Waals surface area contributed by atoms with Crippen molar-refractivity contribution in [1.82, 2.24) is 14.8 Å². The van der Waals surface area contributed by atoms with Crippen molar-refractivity contribution in [2.45, 2.75) is 34.2 Å². The zero-order valence-electron chi connectivity index (χ0n) is 16.8. The van der Waals surface area contributed by atoms with Crippen LogP contribution in [0.5, 0.6) is 5.75 Å². The molecule has 4 rings (SSSR count). The van der Waals surface area contributed by atoms with Gasteiger partial charge in [0, 0.05) is 24.7 Å². The van der Waals surface area contributed by atoms with E-state index in [9.17, 15) is 0 Å². The average Bonchev–Trinajstić information content (AvgIpc) is 3.19. The molecule has 4 aromatic rings. The molecule has 0 bridgehead atoms. The van der Waals surface area contributed by atoms with Gasteiger partial charge in [-0.15, -0.1) is 11.3 Å². The van der Waals surface area contributed by atoms with Crippen molar-refractivity contribution in [3.63, 3.8) is 0 Å². The van der Waals surface area contributed by atoms with Crippen LogP contribution in [0.3, 0.4) is 0 Å². The molecule has 0 aliphatic rings. The number of methoxy groups -OCH3 is 1. The van der Waals surface area contributed by atoms with E-state index in [4.69, 9.17) is 9.72 Å². The number of aromatic nitrogens is 3. The van der Waals surface area contributed by atoms with Gasteiger partial charge >= 0.3 is 0 Å². The number of hydrogen-bond acceptors (Lipinski definition) is 5. The van der Waals surface area contributed by atoms with Crippen LogP contribution in [0, 0.1) is 13.8 Å². The number of nitrogens with one attached hydrogen (secondary N) is 1. The van der Waals surface area contributed by atoms with E-state index in [1.165, 1.54) is 16.5 Å². The number of ether oxygens (including phenoxy) is 1. The minimum atomic E-state index is 0.718. The molecule has 6 heteroatoms. The standard InChI is InChI=1S/C19H20N4OS.C2H6/c1-11-9-12(2)21-19-15(11)16-17(25-19)18(22-23(16)3)20-10-13-5-7-14(24-4)8-6-13;1-2/h5-9H,10H2,1-4H3,(H,20,22);1-2H3. The molecule has 3 heterocycles. The van der Waals surface area contributed by atoms with Crippen LogP contribution >= 0.6 is 11.3 Å². The second-order valence-electron chi connectivity index (χ2n) is 6.21. The first-order chi connectivity index (χ1) is 13.1. The van der Waals surface area contributed by atoms with Crippen molar-refractivity contribution < 1.29 is 4.74 Å². The first-order valence-electron chi connectivity index (χ1n) is 9.17. The summed E-state index contributed by atoms with van der Waals surface area (Å²) in [5.74, 6) is 1.78. The van der Waals surface area contributed by atoms with Crippen LogP contribution in [-0.2, 0) is 13.6 Å². The quantitative estimate of drug-likeness (QED) is 0.510. The Hall–Kier alpha value is -2.60. The zero-order valence-corrected chi connectivity index (χ0v) is 17.6. The fraction of sp³-hybridized carbons (Fsp3) is 0.333. The van der Waals surface area contributed by atoms with Crippen LogP contribution in [-0.4, -0.2) is 21.9 Å². The second kappa shape index (κ2) is 7.96. The number of aryl methyl sites for hydroxylation is 3. The van der Waals surface area contributed by atoms with Gasteiger partial charge in [0.2, 0.25) is 0 Å². The number of pyridine rings is 1. The Morgan fingerprint density at radius 3 is 2.52 bits per heavy atom. The van der Waals surface area contributed by atoms with Crippen molar-refractivity contribution in [3.05, 3.63) is 47.2 Å². The minimum Gasteiger partial charge on any atom is -0.497 e. The van der Waals surface area contributed by atoms with E-state index in [2.05, 4.69) is 35.5 Å². The lowest BCUT2D eigenvalue weighted by molar-refractivity contribution is 0.414. The van der Waals surface area contributed by atoms with Gasteiger partial charge in [-0.05, 0) is 43.2 Å². The molecule has 27 heavy (non-hydrogen) atoms. The Morgan fingerprint density at radius 1 is 1.15 bits per heavy atom. The van der Waals surface area contributed by atoms with Crippen molar-refractivity contribution in [2.75, 3.05) is 12.4 Å². The number of fused-ring (bicyclic) bond motifs is 3. The van der Waals surface area contributed by atoms with Gasteiger partial charge in [0.15, 0.2) is 5.82 Å². The van der Waals surface area contributed by atoms with E-state index in [0.29, 0.717) is 0 Å². The normalized spacial score (nSPS) is 10.7. The fourth-order valence-electron chi connectivity index (χ4n) is 3.18. The van der Waals surface area contributed by atoms with E-state index < -0.39 is 0 Å². The molecule has 0 atom stereocenters. The zero-order chi connectivity index (χ0) is 19.6. The van der Waals surface area contributed by atoms with Gasteiger partial charge in [-0.25, -0.2) is 4.98 Å². The van der Waals surface area contributed by atoms with Crippen LogP contribution in [0.25, 0.3) is 20.4 Å². The fourth-order valence-corrected chi connectivity index (χ4v) is 4.47. The lowest BCUT2D eigenvalue weighted by Crippen LogP contribution is -2.01. The Balaban J connectivity index is 0.00000102. The third-order valence-corrected chi connectivity index (χ3v) is 5.45. The van der Waals surface area contributed by atoms with Crippen LogP contribution in [0.1, 0.15) is 30.7 Å². The summed E-state index contributed by atoms with van der Waals surface area (Å²) in [7, 11) is 3.67. The molecule has 0 aliphatic carbocycles. The number of nitrogens with zero attached hydrogens (tertiary/aromatic N) is 3. The lowest BCUT2D eigenvalue weighted by atomic mass is 10.1. The maximum Gasteiger partial charge on any atom is 0.166 e. The van der Waals surface area contributed by atoms with E-state index in [1.807, 2.05) is 44.6 Å². The molecule has 0 spiro atoms. The van der Waals surface area contributed by atoms with Crippen LogP contribution in [0.4, 0.5) is 5.82 Å². The van der Waals surface area contributed by atoms with Crippen molar-refractivity contribution in [1.29, 1.82) is 0 Å². The van der Waals surface area contributed by atoms with Crippen molar-refractivity contribution >= 4 is 37.6 Å².